The molecular formula is C14H19BrN2O. The molecule has 4 heteroatoms. The number of likely N-dealkylation sites (tertiary alicyclic amines) is 1. The summed E-state index contributed by atoms with van der Waals surface area (Å²) in [6, 6.07) is 7.56. The van der Waals surface area contributed by atoms with Gasteiger partial charge in [0.2, 0.25) is 0 Å². The van der Waals surface area contributed by atoms with E-state index < -0.39 is 0 Å². The number of nitrogens with zero attached hydrogens (tertiary/aromatic N) is 2. The van der Waals surface area contributed by atoms with Crippen molar-refractivity contribution in [3.8, 4) is 0 Å². The molecule has 18 heavy (non-hydrogen) atoms. The van der Waals surface area contributed by atoms with Crippen molar-refractivity contribution in [3.05, 3.63) is 34.3 Å². The summed E-state index contributed by atoms with van der Waals surface area (Å²) in [5, 5.41) is 0. The molecule has 3 nitrogen and oxygen atoms in total. The Labute approximate surface area is 117 Å². The lowest BCUT2D eigenvalue weighted by atomic mass is 10.2. The number of amides is 1. The second-order valence-corrected chi connectivity index (χ2v) is 5.70. The van der Waals surface area contributed by atoms with Crippen molar-refractivity contribution in [2.75, 3.05) is 33.2 Å². The topological polar surface area (TPSA) is 23.6 Å². The molecule has 0 N–H and O–H groups in total. The van der Waals surface area contributed by atoms with E-state index in [-0.39, 0.29) is 5.91 Å². The van der Waals surface area contributed by atoms with Gasteiger partial charge in [-0.1, -0.05) is 22.0 Å². The Morgan fingerprint density at radius 3 is 2.78 bits per heavy atom. The van der Waals surface area contributed by atoms with E-state index in [9.17, 15) is 4.79 Å². The van der Waals surface area contributed by atoms with Gasteiger partial charge in [-0.3, -0.25) is 4.79 Å². The average molecular weight is 311 g/mol. The minimum absolute atomic E-state index is 0.0931. The van der Waals surface area contributed by atoms with Crippen molar-refractivity contribution in [1.29, 1.82) is 0 Å². The van der Waals surface area contributed by atoms with Crippen LogP contribution in [0.15, 0.2) is 28.7 Å². The van der Waals surface area contributed by atoms with Gasteiger partial charge < -0.3 is 9.80 Å². The smallest absolute Gasteiger partial charge is 0.253 e. The normalized spacial score (nSPS) is 15.9. The first-order valence-electron chi connectivity index (χ1n) is 6.40. The number of likely N-dealkylation sites (N-methyl/N-ethyl adjacent to an activating group) is 1. The molecule has 1 heterocycles. The molecule has 1 aliphatic heterocycles. The summed E-state index contributed by atoms with van der Waals surface area (Å²) < 4.78 is 0.946. The summed E-state index contributed by atoms with van der Waals surface area (Å²) in [6.07, 6.45) is 2.59. The molecule has 0 aliphatic carbocycles. The lowest BCUT2D eigenvalue weighted by Gasteiger charge is -2.21. The zero-order valence-electron chi connectivity index (χ0n) is 10.7. The standard InChI is InChI=1S/C14H19BrN2O/c1-16(9-10-17-7-2-3-8-17)14(18)12-5-4-6-13(15)11-12/h4-6,11H,2-3,7-10H2,1H3. The van der Waals surface area contributed by atoms with Crippen LogP contribution in [-0.4, -0.2) is 48.9 Å². The first kappa shape index (κ1) is 13.6. The van der Waals surface area contributed by atoms with Crippen molar-refractivity contribution < 1.29 is 4.79 Å². The zero-order chi connectivity index (χ0) is 13.0. The van der Waals surface area contributed by atoms with Crippen LogP contribution < -0.4 is 0 Å². The van der Waals surface area contributed by atoms with Gasteiger partial charge in [-0.2, -0.15) is 0 Å². The number of carbonyl (C=O) groups excluding carboxylic acids is 1. The molecule has 1 aromatic carbocycles. The second-order valence-electron chi connectivity index (χ2n) is 4.79. The highest BCUT2D eigenvalue weighted by Gasteiger charge is 2.15. The fourth-order valence-corrected chi connectivity index (χ4v) is 2.64. The summed E-state index contributed by atoms with van der Waals surface area (Å²) in [4.78, 5) is 16.4. The van der Waals surface area contributed by atoms with Crippen LogP contribution in [0.25, 0.3) is 0 Å². The summed E-state index contributed by atoms with van der Waals surface area (Å²) in [5.74, 6) is 0.0931. The van der Waals surface area contributed by atoms with E-state index in [1.165, 1.54) is 25.9 Å². The Bertz CT molecular complexity index is 416. The van der Waals surface area contributed by atoms with Crippen LogP contribution in [0, 0.1) is 0 Å². The summed E-state index contributed by atoms with van der Waals surface area (Å²) in [5.41, 5.74) is 0.744. The average Bonchev–Trinajstić information content (AvgIpc) is 2.88. The Hall–Kier alpha value is -0.870. The fraction of sp³-hybridized carbons (Fsp3) is 0.500. The lowest BCUT2D eigenvalue weighted by Crippen LogP contribution is -2.35. The first-order chi connectivity index (χ1) is 8.66. The number of rotatable bonds is 4. The minimum atomic E-state index is 0.0931. The van der Waals surface area contributed by atoms with Gasteiger partial charge in [0.1, 0.15) is 0 Å². The highest BCUT2D eigenvalue weighted by atomic mass is 79.9. The van der Waals surface area contributed by atoms with Gasteiger partial charge in [0.25, 0.3) is 5.91 Å². The highest BCUT2D eigenvalue weighted by molar-refractivity contribution is 9.10. The van der Waals surface area contributed by atoms with Crippen LogP contribution in [0.4, 0.5) is 0 Å². The third-order valence-corrected chi connectivity index (χ3v) is 3.86. The zero-order valence-corrected chi connectivity index (χ0v) is 12.3. The van der Waals surface area contributed by atoms with Gasteiger partial charge in [0.05, 0.1) is 0 Å². The van der Waals surface area contributed by atoms with Crippen LogP contribution in [0.5, 0.6) is 0 Å². The van der Waals surface area contributed by atoms with Gasteiger partial charge in [0, 0.05) is 30.2 Å². The molecule has 0 radical (unpaired) electrons. The molecule has 1 fully saturated rings. The summed E-state index contributed by atoms with van der Waals surface area (Å²) in [6.45, 7) is 4.14. The molecule has 0 atom stereocenters. The van der Waals surface area contributed by atoms with E-state index in [1.54, 1.807) is 4.90 Å². The van der Waals surface area contributed by atoms with Gasteiger partial charge in [0.15, 0.2) is 0 Å². The molecule has 1 amide bonds. The number of benzene rings is 1. The molecule has 0 aromatic heterocycles. The van der Waals surface area contributed by atoms with Crippen molar-refractivity contribution in [1.82, 2.24) is 9.80 Å². The van der Waals surface area contributed by atoms with E-state index in [0.717, 1.165) is 23.1 Å². The maximum atomic E-state index is 12.2. The third-order valence-electron chi connectivity index (χ3n) is 3.37. The van der Waals surface area contributed by atoms with Crippen molar-refractivity contribution in [2.24, 2.45) is 0 Å². The molecule has 1 saturated heterocycles. The van der Waals surface area contributed by atoms with Crippen LogP contribution in [0.3, 0.4) is 0 Å². The molecule has 0 saturated carbocycles. The van der Waals surface area contributed by atoms with E-state index in [0.29, 0.717) is 0 Å². The Morgan fingerprint density at radius 1 is 1.39 bits per heavy atom. The lowest BCUT2D eigenvalue weighted by molar-refractivity contribution is 0.0782. The molecule has 0 spiro atoms. The molecule has 1 aliphatic rings. The predicted molar refractivity (Wildman–Crippen MR) is 76.8 cm³/mol. The highest BCUT2D eigenvalue weighted by Crippen LogP contribution is 2.13. The van der Waals surface area contributed by atoms with Crippen molar-refractivity contribution >= 4 is 21.8 Å². The van der Waals surface area contributed by atoms with Gasteiger partial charge in [-0.15, -0.1) is 0 Å². The number of carbonyl (C=O) groups is 1. The molecule has 2 rings (SSSR count). The number of hydrogen-bond donors (Lipinski definition) is 0. The van der Waals surface area contributed by atoms with Crippen LogP contribution in [-0.2, 0) is 0 Å². The molecule has 0 unspecified atom stereocenters. The van der Waals surface area contributed by atoms with Crippen LogP contribution in [0.2, 0.25) is 0 Å². The number of halogens is 1. The van der Waals surface area contributed by atoms with E-state index in [4.69, 9.17) is 0 Å². The van der Waals surface area contributed by atoms with Crippen LogP contribution in [0.1, 0.15) is 23.2 Å². The van der Waals surface area contributed by atoms with Gasteiger partial charge >= 0.3 is 0 Å². The van der Waals surface area contributed by atoms with E-state index >= 15 is 0 Å². The summed E-state index contributed by atoms with van der Waals surface area (Å²) >= 11 is 3.39. The maximum absolute atomic E-state index is 12.2. The van der Waals surface area contributed by atoms with Crippen molar-refractivity contribution in [2.45, 2.75) is 12.8 Å². The Balaban J connectivity index is 1.87. The van der Waals surface area contributed by atoms with E-state index in [1.807, 2.05) is 31.3 Å². The molecular weight excluding hydrogens is 292 g/mol. The Kier molecular flexibility index (Phi) is 4.78. The third kappa shape index (κ3) is 3.56. The van der Waals surface area contributed by atoms with E-state index in [2.05, 4.69) is 20.8 Å². The largest absolute Gasteiger partial charge is 0.340 e. The second kappa shape index (κ2) is 6.34. The SMILES string of the molecule is CN(CCN1CCCC1)C(=O)c1cccc(Br)c1. The monoisotopic (exact) mass is 310 g/mol. The quantitative estimate of drug-likeness (QED) is 0.853. The van der Waals surface area contributed by atoms with Crippen LogP contribution >= 0.6 is 15.9 Å². The van der Waals surface area contributed by atoms with Gasteiger partial charge in [-0.25, -0.2) is 0 Å². The minimum Gasteiger partial charge on any atom is -0.340 e. The van der Waals surface area contributed by atoms with Crippen molar-refractivity contribution in [3.63, 3.8) is 0 Å². The number of hydrogen-bond acceptors (Lipinski definition) is 2. The van der Waals surface area contributed by atoms with Gasteiger partial charge in [-0.05, 0) is 44.1 Å². The molecule has 1 aromatic rings. The predicted octanol–water partition coefficient (Wildman–Crippen LogP) is 2.62. The molecule has 0 bridgehead atoms. The Morgan fingerprint density at radius 2 is 2.11 bits per heavy atom. The molecule has 98 valence electrons. The fourth-order valence-electron chi connectivity index (χ4n) is 2.24. The first-order valence-corrected chi connectivity index (χ1v) is 7.19. The summed E-state index contributed by atoms with van der Waals surface area (Å²) in [7, 11) is 1.87. The maximum Gasteiger partial charge on any atom is 0.253 e.